The van der Waals surface area contributed by atoms with Gasteiger partial charge in [0.2, 0.25) is 0 Å². The van der Waals surface area contributed by atoms with Crippen molar-refractivity contribution in [1.82, 2.24) is 15.0 Å². The molecule has 2 aromatic rings. The van der Waals surface area contributed by atoms with Crippen LogP contribution in [0.25, 0.3) is 5.69 Å². The smallest absolute Gasteiger partial charge is 0.119 e. The minimum absolute atomic E-state index is 0.0814. The minimum atomic E-state index is -0.0814. The van der Waals surface area contributed by atoms with Crippen molar-refractivity contribution in [3.05, 3.63) is 35.7 Å². The molecule has 2 rings (SSSR count). The summed E-state index contributed by atoms with van der Waals surface area (Å²) in [6, 6.07) is 7.68. The van der Waals surface area contributed by atoms with Crippen molar-refractivity contribution in [3.8, 4) is 11.4 Å². The van der Waals surface area contributed by atoms with Crippen molar-refractivity contribution in [3.63, 3.8) is 0 Å². The molecule has 0 radical (unpaired) electrons. The first-order valence-electron chi connectivity index (χ1n) is 6.94. The van der Waals surface area contributed by atoms with Gasteiger partial charge in [0.15, 0.2) is 0 Å². The molecule has 5 nitrogen and oxygen atoms in total. The lowest BCUT2D eigenvalue weighted by atomic mass is 9.97. The molecule has 0 spiro atoms. The van der Waals surface area contributed by atoms with Crippen LogP contribution in [0.2, 0.25) is 0 Å². The van der Waals surface area contributed by atoms with Crippen LogP contribution in [0, 0.1) is 0 Å². The van der Waals surface area contributed by atoms with Crippen molar-refractivity contribution < 1.29 is 9.84 Å². The van der Waals surface area contributed by atoms with Crippen molar-refractivity contribution in [2.45, 2.75) is 39.2 Å². The fourth-order valence-corrected chi connectivity index (χ4v) is 2.43. The third-order valence-electron chi connectivity index (χ3n) is 3.62. The number of methoxy groups -OCH3 is 1. The highest BCUT2D eigenvalue weighted by molar-refractivity contribution is 5.39. The van der Waals surface area contributed by atoms with Gasteiger partial charge in [-0.3, -0.25) is 0 Å². The summed E-state index contributed by atoms with van der Waals surface area (Å²) in [5, 5.41) is 17.8. The van der Waals surface area contributed by atoms with Crippen molar-refractivity contribution >= 4 is 0 Å². The van der Waals surface area contributed by atoms with Crippen LogP contribution in [-0.2, 0) is 6.61 Å². The van der Waals surface area contributed by atoms with Crippen molar-refractivity contribution in [2.75, 3.05) is 7.11 Å². The number of aromatic nitrogens is 3. The van der Waals surface area contributed by atoms with Gasteiger partial charge in [-0.15, -0.1) is 5.10 Å². The Labute approximate surface area is 119 Å². The first-order valence-corrected chi connectivity index (χ1v) is 6.94. The fourth-order valence-electron chi connectivity index (χ4n) is 2.43. The van der Waals surface area contributed by atoms with Crippen LogP contribution in [0.15, 0.2) is 24.3 Å². The number of ether oxygens (including phenoxy) is 1. The monoisotopic (exact) mass is 275 g/mol. The number of rotatable bonds is 6. The second kappa shape index (κ2) is 6.52. The molecule has 0 unspecified atom stereocenters. The largest absolute Gasteiger partial charge is 0.497 e. The van der Waals surface area contributed by atoms with E-state index in [-0.39, 0.29) is 6.61 Å². The number of hydrogen-bond acceptors (Lipinski definition) is 4. The molecule has 1 N–H and O–H groups in total. The molecule has 1 aromatic heterocycles. The predicted molar refractivity (Wildman–Crippen MR) is 77.2 cm³/mol. The minimum Gasteiger partial charge on any atom is -0.497 e. The number of aliphatic hydroxyl groups is 1. The van der Waals surface area contributed by atoms with E-state index in [0.29, 0.717) is 11.6 Å². The average Bonchev–Trinajstić information content (AvgIpc) is 2.92. The van der Waals surface area contributed by atoms with Crippen LogP contribution < -0.4 is 4.74 Å². The quantitative estimate of drug-likeness (QED) is 0.880. The summed E-state index contributed by atoms with van der Waals surface area (Å²) >= 11 is 0. The Balaban J connectivity index is 2.47. The van der Waals surface area contributed by atoms with Gasteiger partial charge in [0.05, 0.1) is 25.1 Å². The van der Waals surface area contributed by atoms with Crippen molar-refractivity contribution in [2.24, 2.45) is 0 Å². The molecule has 0 aliphatic heterocycles. The molecular weight excluding hydrogens is 254 g/mol. The third kappa shape index (κ3) is 2.67. The average molecular weight is 275 g/mol. The molecule has 1 aromatic carbocycles. The van der Waals surface area contributed by atoms with Gasteiger partial charge in [0.25, 0.3) is 0 Å². The first-order chi connectivity index (χ1) is 9.74. The van der Waals surface area contributed by atoms with Crippen molar-refractivity contribution in [1.29, 1.82) is 0 Å². The van der Waals surface area contributed by atoms with Crippen LogP contribution in [0.4, 0.5) is 0 Å². The summed E-state index contributed by atoms with van der Waals surface area (Å²) in [6.45, 7) is 4.20. The first kappa shape index (κ1) is 14.5. The van der Waals surface area contributed by atoms with Gasteiger partial charge in [-0.25, -0.2) is 4.68 Å². The number of aliphatic hydroxyl groups excluding tert-OH is 1. The maximum atomic E-state index is 9.46. The van der Waals surface area contributed by atoms with E-state index in [4.69, 9.17) is 4.74 Å². The number of nitrogens with zero attached hydrogens (tertiary/aromatic N) is 3. The van der Waals surface area contributed by atoms with Gasteiger partial charge in [-0.2, -0.15) is 0 Å². The summed E-state index contributed by atoms with van der Waals surface area (Å²) in [5.74, 6) is 1.15. The van der Waals surface area contributed by atoms with E-state index in [1.807, 2.05) is 28.9 Å². The Morgan fingerprint density at radius 2 is 1.85 bits per heavy atom. The Morgan fingerprint density at radius 1 is 1.20 bits per heavy atom. The Kier molecular flexibility index (Phi) is 4.74. The van der Waals surface area contributed by atoms with Gasteiger partial charge in [-0.1, -0.05) is 19.1 Å². The lowest BCUT2D eigenvalue weighted by Crippen LogP contribution is -2.09. The highest BCUT2D eigenvalue weighted by atomic mass is 16.5. The molecule has 0 atom stereocenters. The van der Waals surface area contributed by atoms with Crippen LogP contribution in [0.3, 0.4) is 0 Å². The molecule has 0 fully saturated rings. The van der Waals surface area contributed by atoms with E-state index in [0.717, 1.165) is 30.0 Å². The fraction of sp³-hybridized carbons (Fsp3) is 0.467. The van der Waals surface area contributed by atoms with Gasteiger partial charge < -0.3 is 9.84 Å². The molecule has 20 heavy (non-hydrogen) atoms. The molecular formula is C15H21N3O2. The van der Waals surface area contributed by atoms with Crippen LogP contribution in [0.5, 0.6) is 5.75 Å². The number of benzene rings is 1. The molecule has 0 amide bonds. The van der Waals surface area contributed by atoms with Gasteiger partial charge in [0.1, 0.15) is 11.4 Å². The molecule has 1 heterocycles. The Morgan fingerprint density at radius 3 is 2.35 bits per heavy atom. The third-order valence-corrected chi connectivity index (χ3v) is 3.62. The SMILES string of the molecule is CCC(CC)c1c(CO)nnn1-c1ccc(OC)cc1. The Hall–Kier alpha value is -1.88. The van der Waals surface area contributed by atoms with Gasteiger partial charge >= 0.3 is 0 Å². The summed E-state index contributed by atoms with van der Waals surface area (Å²) in [7, 11) is 1.64. The summed E-state index contributed by atoms with van der Waals surface area (Å²) in [6.07, 6.45) is 1.99. The molecule has 0 aliphatic rings. The molecule has 108 valence electrons. The second-order valence-corrected chi connectivity index (χ2v) is 4.70. The molecule has 0 saturated carbocycles. The van der Waals surface area contributed by atoms with Crippen LogP contribution in [0.1, 0.15) is 44.0 Å². The normalized spacial score (nSPS) is 11.1. The zero-order chi connectivity index (χ0) is 14.5. The van der Waals surface area contributed by atoms with E-state index in [2.05, 4.69) is 24.2 Å². The van der Waals surface area contributed by atoms with E-state index >= 15 is 0 Å². The van der Waals surface area contributed by atoms with Crippen LogP contribution in [-0.4, -0.2) is 27.2 Å². The van der Waals surface area contributed by atoms with Crippen LogP contribution >= 0.6 is 0 Å². The highest BCUT2D eigenvalue weighted by Gasteiger charge is 2.20. The van der Waals surface area contributed by atoms with Gasteiger partial charge in [0, 0.05) is 5.92 Å². The summed E-state index contributed by atoms with van der Waals surface area (Å²) in [5.41, 5.74) is 2.59. The summed E-state index contributed by atoms with van der Waals surface area (Å²) in [4.78, 5) is 0. The molecule has 0 aliphatic carbocycles. The van der Waals surface area contributed by atoms with E-state index in [1.165, 1.54) is 0 Å². The van der Waals surface area contributed by atoms with Gasteiger partial charge in [-0.05, 0) is 37.1 Å². The molecule has 5 heteroatoms. The van der Waals surface area contributed by atoms with E-state index in [9.17, 15) is 5.11 Å². The topological polar surface area (TPSA) is 60.2 Å². The molecule has 0 saturated heterocycles. The predicted octanol–water partition coefficient (Wildman–Crippen LogP) is 2.67. The van der Waals surface area contributed by atoms with E-state index < -0.39 is 0 Å². The standard InChI is InChI=1S/C15H21N3O2/c1-4-11(5-2)15-14(10-19)16-17-18(15)12-6-8-13(20-3)9-7-12/h6-9,11,19H,4-5,10H2,1-3H3. The zero-order valence-corrected chi connectivity index (χ0v) is 12.2. The lowest BCUT2D eigenvalue weighted by molar-refractivity contribution is 0.274. The zero-order valence-electron chi connectivity index (χ0n) is 12.2. The van der Waals surface area contributed by atoms with E-state index in [1.54, 1.807) is 7.11 Å². The second-order valence-electron chi connectivity index (χ2n) is 4.70. The Bertz CT molecular complexity index is 545. The maximum Gasteiger partial charge on any atom is 0.119 e. The lowest BCUT2D eigenvalue weighted by Gasteiger charge is -2.15. The summed E-state index contributed by atoms with van der Waals surface area (Å²) < 4.78 is 6.99. The maximum absolute atomic E-state index is 9.46. The number of hydrogen-bond donors (Lipinski definition) is 1. The highest BCUT2D eigenvalue weighted by Crippen LogP contribution is 2.28. The molecule has 0 bridgehead atoms.